The van der Waals surface area contributed by atoms with Crippen LogP contribution in [0.25, 0.3) is 0 Å². The smallest absolute Gasteiger partial charge is 0.341 e. The van der Waals surface area contributed by atoms with Crippen molar-refractivity contribution >= 4 is 34.1 Å². The molecule has 1 aromatic heterocycles. The number of ether oxygens (including phenoxy) is 2. The highest BCUT2D eigenvalue weighted by Gasteiger charge is 2.30. The largest absolute Gasteiger partial charge is 0.462 e. The van der Waals surface area contributed by atoms with Crippen molar-refractivity contribution in [3.8, 4) is 11.5 Å². The molecule has 4 rings (SSSR count). The maximum atomic E-state index is 12.9. The van der Waals surface area contributed by atoms with Crippen LogP contribution in [0.4, 0.5) is 5.00 Å². The molecule has 0 unspecified atom stereocenters. The van der Waals surface area contributed by atoms with E-state index in [1.165, 1.54) is 18.3 Å². The fraction of sp³-hybridized carbons (Fsp3) is 0.240. The Hall–Kier alpha value is -3.65. The van der Waals surface area contributed by atoms with Gasteiger partial charge < -0.3 is 19.7 Å². The van der Waals surface area contributed by atoms with Crippen LogP contribution in [0.5, 0.6) is 11.5 Å². The van der Waals surface area contributed by atoms with E-state index in [2.05, 4.69) is 5.32 Å². The first kappa shape index (κ1) is 22.5. The molecule has 0 spiro atoms. The van der Waals surface area contributed by atoms with Crippen LogP contribution in [-0.2, 0) is 22.5 Å². The predicted octanol–water partition coefficient (Wildman–Crippen LogP) is 4.87. The van der Waals surface area contributed by atoms with Crippen molar-refractivity contribution in [1.29, 1.82) is 0 Å². The molecule has 0 saturated carbocycles. The average Bonchev–Trinajstić information content (AvgIpc) is 3.17. The molecular formula is C25H24N2O5S. The van der Waals surface area contributed by atoms with E-state index in [1.54, 1.807) is 36.1 Å². The monoisotopic (exact) mass is 464 g/mol. The number of benzene rings is 2. The Kier molecular flexibility index (Phi) is 6.74. The molecule has 2 amide bonds. The number of nitrogens with one attached hydrogen (secondary N) is 1. The van der Waals surface area contributed by atoms with Crippen molar-refractivity contribution in [2.75, 3.05) is 18.5 Å². The van der Waals surface area contributed by atoms with E-state index in [1.807, 2.05) is 30.3 Å². The summed E-state index contributed by atoms with van der Waals surface area (Å²) in [6, 6.07) is 16.2. The molecule has 8 heteroatoms. The number of hydrogen-bond acceptors (Lipinski definition) is 6. The molecule has 1 aliphatic rings. The van der Waals surface area contributed by atoms with Crippen molar-refractivity contribution in [3.63, 3.8) is 0 Å². The Balaban J connectivity index is 1.54. The summed E-state index contributed by atoms with van der Waals surface area (Å²) in [6.07, 6.45) is 0.543. The molecular weight excluding hydrogens is 440 g/mol. The molecule has 170 valence electrons. The van der Waals surface area contributed by atoms with E-state index in [0.29, 0.717) is 47.1 Å². The summed E-state index contributed by atoms with van der Waals surface area (Å²) in [5.41, 5.74) is 1.66. The Morgan fingerprint density at radius 2 is 1.73 bits per heavy atom. The van der Waals surface area contributed by atoms with Gasteiger partial charge in [-0.3, -0.25) is 9.59 Å². The summed E-state index contributed by atoms with van der Waals surface area (Å²) < 4.78 is 11.0. The maximum Gasteiger partial charge on any atom is 0.341 e. The minimum atomic E-state index is -0.465. The molecule has 3 aromatic rings. The number of amides is 2. The maximum absolute atomic E-state index is 12.9. The molecule has 0 atom stereocenters. The van der Waals surface area contributed by atoms with Crippen molar-refractivity contribution < 1.29 is 23.9 Å². The van der Waals surface area contributed by atoms with Crippen LogP contribution in [0, 0.1) is 0 Å². The molecule has 0 bridgehead atoms. The molecule has 7 nitrogen and oxygen atoms in total. The highest BCUT2D eigenvalue weighted by atomic mass is 32.1. The van der Waals surface area contributed by atoms with Crippen LogP contribution >= 0.6 is 11.3 Å². The third-order valence-corrected chi connectivity index (χ3v) is 6.44. The lowest BCUT2D eigenvalue weighted by molar-refractivity contribution is -0.129. The molecule has 2 aromatic carbocycles. The van der Waals surface area contributed by atoms with E-state index in [4.69, 9.17) is 9.47 Å². The van der Waals surface area contributed by atoms with Gasteiger partial charge in [0.05, 0.1) is 18.7 Å². The summed E-state index contributed by atoms with van der Waals surface area (Å²) in [5.74, 6) is 0.496. The summed E-state index contributed by atoms with van der Waals surface area (Å²) in [6.45, 7) is 4.45. The molecule has 0 aliphatic carbocycles. The number of anilines is 1. The summed E-state index contributed by atoms with van der Waals surface area (Å²) in [7, 11) is 0. The van der Waals surface area contributed by atoms with Gasteiger partial charge in [0.2, 0.25) is 5.91 Å². The van der Waals surface area contributed by atoms with Gasteiger partial charge in [0.25, 0.3) is 5.91 Å². The normalized spacial score (nSPS) is 12.6. The van der Waals surface area contributed by atoms with Gasteiger partial charge in [0, 0.05) is 23.9 Å². The first-order valence-electron chi connectivity index (χ1n) is 10.7. The second kappa shape index (κ2) is 9.87. The fourth-order valence-corrected chi connectivity index (χ4v) is 4.90. The summed E-state index contributed by atoms with van der Waals surface area (Å²) in [4.78, 5) is 40.0. The zero-order valence-electron chi connectivity index (χ0n) is 18.4. The number of rotatable bonds is 6. The number of esters is 1. The molecule has 1 aliphatic heterocycles. The van der Waals surface area contributed by atoms with Gasteiger partial charge in [-0.25, -0.2) is 4.79 Å². The second-order valence-corrected chi connectivity index (χ2v) is 8.62. The van der Waals surface area contributed by atoms with Crippen molar-refractivity contribution in [1.82, 2.24) is 4.90 Å². The average molecular weight is 465 g/mol. The number of thiophene rings is 1. The van der Waals surface area contributed by atoms with Crippen LogP contribution < -0.4 is 10.1 Å². The summed E-state index contributed by atoms with van der Waals surface area (Å²) >= 11 is 1.31. The number of carbonyl (C=O) groups is 3. The number of carbonyl (C=O) groups excluding carboxylic acids is 3. The molecule has 33 heavy (non-hydrogen) atoms. The first-order valence-corrected chi connectivity index (χ1v) is 11.5. The zero-order valence-corrected chi connectivity index (χ0v) is 19.2. The highest BCUT2D eigenvalue weighted by molar-refractivity contribution is 7.17. The van der Waals surface area contributed by atoms with E-state index in [-0.39, 0.29) is 18.4 Å². The topological polar surface area (TPSA) is 84.9 Å². The Morgan fingerprint density at radius 3 is 2.39 bits per heavy atom. The zero-order chi connectivity index (χ0) is 23.4. The van der Waals surface area contributed by atoms with Crippen molar-refractivity contribution in [2.24, 2.45) is 0 Å². The predicted molar refractivity (Wildman–Crippen MR) is 126 cm³/mol. The van der Waals surface area contributed by atoms with E-state index in [9.17, 15) is 14.4 Å². The Morgan fingerprint density at radius 1 is 1.03 bits per heavy atom. The number of nitrogens with zero attached hydrogens (tertiary/aromatic N) is 1. The fourth-order valence-electron chi connectivity index (χ4n) is 3.65. The van der Waals surface area contributed by atoms with Crippen LogP contribution in [0.15, 0.2) is 54.6 Å². The SMILES string of the molecule is CCOC(=O)c1c(NC(=O)c2ccc(Oc3ccccc3)cc2)sc2c1CCN(C(C)=O)C2. The first-order chi connectivity index (χ1) is 16.0. The van der Waals surface area contributed by atoms with Gasteiger partial charge in [0.1, 0.15) is 16.5 Å². The standard InChI is InChI=1S/C25H24N2O5S/c1-3-31-25(30)22-20-13-14-27(16(2)28)15-21(20)33-24(22)26-23(29)17-9-11-19(12-10-17)32-18-7-5-4-6-8-18/h4-12H,3,13-15H2,1-2H3,(H,26,29). The van der Waals surface area contributed by atoms with Gasteiger partial charge in [-0.05, 0) is 55.3 Å². The van der Waals surface area contributed by atoms with Crippen LogP contribution in [0.3, 0.4) is 0 Å². The van der Waals surface area contributed by atoms with Gasteiger partial charge >= 0.3 is 5.97 Å². The summed E-state index contributed by atoms with van der Waals surface area (Å²) in [5, 5.41) is 3.31. The molecule has 0 fully saturated rings. The van der Waals surface area contributed by atoms with Crippen LogP contribution in [0.1, 0.15) is 45.0 Å². The van der Waals surface area contributed by atoms with Crippen molar-refractivity contribution in [2.45, 2.75) is 26.8 Å². The Bertz CT molecular complexity index is 1170. The number of hydrogen-bond donors (Lipinski definition) is 1. The Labute approximate surface area is 195 Å². The minimum absolute atomic E-state index is 0.0184. The van der Waals surface area contributed by atoms with Gasteiger partial charge in [-0.2, -0.15) is 0 Å². The van der Waals surface area contributed by atoms with Crippen LogP contribution in [-0.4, -0.2) is 35.8 Å². The third kappa shape index (κ3) is 5.06. The van der Waals surface area contributed by atoms with Gasteiger partial charge in [-0.1, -0.05) is 18.2 Å². The molecule has 2 heterocycles. The lowest BCUT2D eigenvalue weighted by Gasteiger charge is -2.25. The second-order valence-electron chi connectivity index (χ2n) is 7.51. The highest BCUT2D eigenvalue weighted by Crippen LogP contribution is 2.38. The molecule has 0 saturated heterocycles. The lowest BCUT2D eigenvalue weighted by Crippen LogP contribution is -2.34. The number of fused-ring (bicyclic) bond motifs is 1. The lowest BCUT2D eigenvalue weighted by atomic mass is 10.0. The quantitative estimate of drug-likeness (QED) is 0.526. The van der Waals surface area contributed by atoms with Gasteiger partial charge in [0.15, 0.2) is 0 Å². The molecule has 0 radical (unpaired) electrons. The molecule has 1 N–H and O–H groups in total. The van der Waals surface area contributed by atoms with Crippen molar-refractivity contribution in [3.05, 3.63) is 76.2 Å². The van der Waals surface area contributed by atoms with Gasteiger partial charge in [-0.15, -0.1) is 11.3 Å². The van der Waals surface area contributed by atoms with E-state index < -0.39 is 5.97 Å². The number of para-hydroxylation sites is 1. The minimum Gasteiger partial charge on any atom is -0.462 e. The third-order valence-electron chi connectivity index (χ3n) is 5.30. The van der Waals surface area contributed by atoms with E-state index in [0.717, 1.165) is 10.4 Å². The van der Waals surface area contributed by atoms with E-state index >= 15 is 0 Å². The van der Waals surface area contributed by atoms with Crippen LogP contribution in [0.2, 0.25) is 0 Å².